The average molecular weight is 490 g/mol. The normalized spacial score (nSPS) is 11.2. The Bertz CT molecular complexity index is 1070. The van der Waals surface area contributed by atoms with Crippen molar-refractivity contribution in [2.45, 2.75) is 26.2 Å². The number of non-ortho nitro benzene ring substituents is 1. The fourth-order valence-electron chi connectivity index (χ4n) is 2.73. The summed E-state index contributed by atoms with van der Waals surface area (Å²) in [6, 6.07) is 11.8. The number of rotatable bonds is 6. The lowest BCUT2D eigenvalue weighted by Gasteiger charge is -2.23. The van der Waals surface area contributed by atoms with E-state index >= 15 is 0 Å². The van der Waals surface area contributed by atoms with E-state index in [1.54, 1.807) is 17.5 Å². The molecule has 0 atom stereocenters. The van der Waals surface area contributed by atoms with Crippen LogP contribution in [0.5, 0.6) is 5.75 Å². The van der Waals surface area contributed by atoms with Crippen LogP contribution in [0.15, 0.2) is 52.3 Å². The highest BCUT2D eigenvalue weighted by atomic mass is 79.9. The molecule has 30 heavy (non-hydrogen) atoms. The first kappa shape index (κ1) is 21.9. The first-order chi connectivity index (χ1) is 14.1. The number of nitro benzene ring substituents is 1. The van der Waals surface area contributed by atoms with Gasteiger partial charge in [0.2, 0.25) is 0 Å². The van der Waals surface area contributed by atoms with Gasteiger partial charge in [-0.2, -0.15) is 0 Å². The molecule has 1 N–H and O–H groups in total. The largest absolute Gasteiger partial charge is 0.483 e. The molecule has 0 bridgehead atoms. The fraction of sp³-hybridized carbons (Fsp3) is 0.238. The minimum Gasteiger partial charge on any atom is -0.483 e. The number of nitrogens with zero attached hydrogens (tertiary/aromatic N) is 2. The van der Waals surface area contributed by atoms with Crippen molar-refractivity contribution in [3.05, 3.63) is 68.0 Å². The summed E-state index contributed by atoms with van der Waals surface area (Å²) in [6.07, 6.45) is 0. The molecule has 0 aliphatic heterocycles. The molecule has 1 heterocycles. The standard InChI is InChI=1S/C21H20BrN3O4S/c1-21(2,3)16-10-14(22)6-9-18(16)29-11-19(26)24-20-23-17(12-30-20)13-4-7-15(8-5-13)25(27)28/h4-10,12H,11H2,1-3H3,(H,23,24,26). The monoisotopic (exact) mass is 489 g/mol. The number of nitro groups is 1. The van der Waals surface area contributed by atoms with Gasteiger partial charge in [-0.25, -0.2) is 4.98 Å². The number of aromatic nitrogens is 1. The third-order valence-corrected chi connectivity index (χ3v) is 5.48. The first-order valence-corrected chi connectivity index (χ1v) is 10.7. The molecule has 0 unspecified atom stereocenters. The maximum Gasteiger partial charge on any atom is 0.269 e. The Morgan fingerprint density at radius 3 is 2.57 bits per heavy atom. The number of ether oxygens (including phenoxy) is 1. The van der Waals surface area contributed by atoms with E-state index in [0.29, 0.717) is 16.6 Å². The van der Waals surface area contributed by atoms with Crippen molar-refractivity contribution in [2.24, 2.45) is 0 Å². The Labute approximate surface area is 186 Å². The van der Waals surface area contributed by atoms with Gasteiger partial charge in [-0.15, -0.1) is 11.3 Å². The van der Waals surface area contributed by atoms with Gasteiger partial charge < -0.3 is 4.74 Å². The van der Waals surface area contributed by atoms with Gasteiger partial charge in [-0.1, -0.05) is 36.7 Å². The molecular weight excluding hydrogens is 470 g/mol. The molecule has 1 aromatic heterocycles. The molecule has 3 rings (SSSR count). The molecule has 0 spiro atoms. The molecule has 3 aromatic rings. The highest BCUT2D eigenvalue weighted by Crippen LogP contribution is 2.33. The molecule has 0 aliphatic rings. The first-order valence-electron chi connectivity index (χ1n) is 9.06. The zero-order valence-corrected chi connectivity index (χ0v) is 19.0. The molecule has 9 heteroatoms. The van der Waals surface area contributed by atoms with E-state index in [4.69, 9.17) is 4.74 Å². The van der Waals surface area contributed by atoms with Crippen LogP contribution in [0.2, 0.25) is 0 Å². The maximum atomic E-state index is 12.3. The number of benzene rings is 2. The Morgan fingerprint density at radius 1 is 1.23 bits per heavy atom. The van der Waals surface area contributed by atoms with Crippen molar-refractivity contribution >= 4 is 44.0 Å². The van der Waals surface area contributed by atoms with Crippen molar-refractivity contribution < 1.29 is 14.5 Å². The minimum atomic E-state index is -0.451. The van der Waals surface area contributed by atoms with E-state index in [0.717, 1.165) is 15.6 Å². The van der Waals surface area contributed by atoms with Crippen molar-refractivity contribution in [3.8, 4) is 17.0 Å². The van der Waals surface area contributed by atoms with Gasteiger partial charge in [-0.3, -0.25) is 20.2 Å². The molecule has 0 radical (unpaired) electrons. The van der Waals surface area contributed by atoms with Gasteiger partial charge in [0.05, 0.1) is 10.6 Å². The van der Waals surface area contributed by atoms with Gasteiger partial charge in [0.15, 0.2) is 11.7 Å². The third kappa shape index (κ3) is 5.43. The number of amides is 1. The van der Waals surface area contributed by atoms with Gasteiger partial charge in [0, 0.05) is 33.1 Å². The van der Waals surface area contributed by atoms with E-state index in [1.807, 2.05) is 18.2 Å². The molecule has 1 amide bonds. The summed E-state index contributed by atoms with van der Waals surface area (Å²) in [6.45, 7) is 6.10. The summed E-state index contributed by atoms with van der Waals surface area (Å²) < 4.78 is 6.71. The van der Waals surface area contributed by atoms with Crippen LogP contribution in [-0.2, 0) is 10.2 Å². The summed E-state index contributed by atoms with van der Waals surface area (Å²) in [7, 11) is 0. The predicted molar refractivity (Wildman–Crippen MR) is 121 cm³/mol. The quantitative estimate of drug-likeness (QED) is 0.348. The molecule has 2 aromatic carbocycles. The minimum absolute atomic E-state index is 0.0159. The van der Waals surface area contributed by atoms with Crippen molar-refractivity contribution in [1.29, 1.82) is 0 Å². The summed E-state index contributed by atoms with van der Waals surface area (Å²) in [5, 5.41) is 15.7. The van der Waals surface area contributed by atoms with E-state index < -0.39 is 4.92 Å². The second-order valence-electron chi connectivity index (χ2n) is 7.57. The van der Waals surface area contributed by atoms with Crippen molar-refractivity contribution in [2.75, 3.05) is 11.9 Å². The van der Waals surface area contributed by atoms with Crippen LogP contribution in [0.3, 0.4) is 0 Å². The number of carbonyl (C=O) groups is 1. The van der Waals surface area contributed by atoms with E-state index in [9.17, 15) is 14.9 Å². The second kappa shape index (κ2) is 8.93. The van der Waals surface area contributed by atoms with Crippen LogP contribution >= 0.6 is 27.3 Å². The molecule has 156 valence electrons. The number of halogens is 1. The molecule has 0 fully saturated rings. The lowest BCUT2D eigenvalue weighted by molar-refractivity contribution is -0.384. The highest BCUT2D eigenvalue weighted by molar-refractivity contribution is 9.10. The fourth-order valence-corrected chi connectivity index (χ4v) is 3.83. The zero-order valence-electron chi connectivity index (χ0n) is 16.6. The van der Waals surface area contributed by atoms with E-state index in [1.165, 1.54) is 23.5 Å². The van der Waals surface area contributed by atoms with E-state index in [2.05, 4.69) is 47.0 Å². The number of anilines is 1. The SMILES string of the molecule is CC(C)(C)c1cc(Br)ccc1OCC(=O)Nc1nc(-c2ccc([N+](=O)[O-])cc2)cs1. The molecule has 0 saturated heterocycles. The Kier molecular flexibility index (Phi) is 6.52. The van der Waals surface area contributed by atoms with Gasteiger partial charge in [-0.05, 0) is 35.7 Å². The van der Waals surface area contributed by atoms with Gasteiger partial charge in [0.25, 0.3) is 11.6 Å². The van der Waals surface area contributed by atoms with Crippen molar-refractivity contribution in [3.63, 3.8) is 0 Å². The van der Waals surface area contributed by atoms with Gasteiger partial charge >= 0.3 is 0 Å². The highest BCUT2D eigenvalue weighted by Gasteiger charge is 2.20. The number of carbonyl (C=O) groups excluding carboxylic acids is 1. The molecular formula is C21H20BrN3O4S. The summed E-state index contributed by atoms with van der Waals surface area (Å²) in [5.74, 6) is 0.342. The van der Waals surface area contributed by atoms with E-state index in [-0.39, 0.29) is 23.6 Å². The van der Waals surface area contributed by atoms with Crippen LogP contribution in [0.25, 0.3) is 11.3 Å². The van der Waals surface area contributed by atoms with Gasteiger partial charge in [0.1, 0.15) is 5.75 Å². The summed E-state index contributed by atoms with van der Waals surface area (Å²) in [4.78, 5) is 27.0. The third-order valence-electron chi connectivity index (χ3n) is 4.23. The smallest absolute Gasteiger partial charge is 0.269 e. The lowest BCUT2D eigenvalue weighted by atomic mass is 9.86. The number of thiazole rings is 1. The molecule has 0 saturated carbocycles. The Hall–Kier alpha value is -2.78. The van der Waals surface area contributed by atoms with Crippen LogP contribution in [0, 0.1) is 10.1 Å². The predicted octanol–water partition coefficient (Wildman–Crippen LogP) is 5.80. The number of nitrogens with one attached hydrogen (secondary N) is 1. The lowest BCUT2D eigenvalue weighted by Crippen LogP contribution is -2.22. The molecule has 7 nitrogen and oxygen atoms in total. The second-order valence-corrected chi connectivity index (χ2v) is 9.34. The zero-order chi connectivity index (χ0) is 21.9. The van der Waals surface area contributed by atoms with Crippen molar-refractivity contribution in [1.82, 2.24) is 4.98 Å². The van der Waals surface area contributed by atoms with Crippen LogP contribution in [-0.4, -0.2) is 22.4 Å². The molecule has 0 aliphatic carbocycles. The Balaban J connectivity index is 1.63. The number of hydrogen-bond donors (Lipinski definition) is 1. The maximum absolute atomic E-state index is 12.3. The van der Waals surface area contributed by atoms with Crippen LogP contribution in [0.1, 0.15) is 26.3 Å². The van der Waals surface area contributed by atoms with Crippen LogP contribution in [0.4, 0.5) is 10.8 Å². The average Bonchev–Trinajstić information content (AvgIpc) is 3.14. The topological polar surface area (TPSA) is 94.4 Å². The Morgan fingerprint density at radius 2 is 1.93 bits per heavy atom. The van der Waals surface area contributed by atoms with Crippen LogP contribution < -0.4 is 10.1 Å². The summed E-state index contributed by atoms with van der Waals surface area (Å²) in [5.41, 5.74) is 2.25. The number of hydrogen-bond acceptors (Lipinski definition) is 6. The summed E-state index contributed by atoms with van der Waals surface area (Å²) >= 11 is 4.75.